The van der Waals surface area contributed by atoms with Crippen molar-refractivity contribution in [2.45, 2.75) is 13.1 Å². The Labute approximate surface area is 139 Å². The van der Waals surface area contributed by atoms with E-state index in [9.17, 15) is 0 Å². The highest BCUT2D eigenvalue weighted by molar-refractivity contribution is 7.19. The molecule has 0 unspecified atom stereocenters. The van der Waals surface area contributed by atoms with Crippen LogP contribution in [-0.4, -0.2) is 19.2 Å². The molecule has 120 valence electrons. The van der Waals surface area contributed by atoms with Gasteiger partial charge in [-0.3, -0.25) is 0 Å². The molecule has 0 saturated carbocycles. The van der Waals surface area contributed by atoms with Crippen molar-refractivity contribution >= 4 is 27.2 Å². The predicted octanol–water partition coefficient (Wildman–Crippen LogP) is 3.38. The SMILES string of the molecule is COc1ccc(CNc2nccc3cc(CN)sc23)c(OC)c1. The van der Waals surface area contributed by atoms with E-state index < -0.39 is 0 Å². The molecule has 0 saturated heterocycles. The summed E-state index contributed by atoms with van der Waals surface area (Å²) in [7, 11) is 3.30. The third-order valence-electron chi connectivity index (χ3n) is 3.63. The van der Waals surface area contributed by atoms with Gasteiger partial charge >= 0.3 is 0 Å². The van der Waals surface area contributed by atoms with Gasteiger partial charge in [0.2, 0.25) is 0 Å². The van der Waals surface area contributed by atoms with Crippen LogP contribution in [0.3, 0.4) is 0 Å². The number of nitrogens with one attached hydrogen (secondary N) is 1. The zero-order valence-electron chi connectivity index (χ0n) is 13.1. The zero-order chi connectivity index (χ0) is 16.2. The summed E-state index contributed by atoms with van der Waals surface area (Å²) in [6, 6.07) is 9.91. The van der Waals surface area contributed by atoms with Crippen LogP contribution in [0.15, 0.2) is 36.5 Å². The van der Waals surface area contributed by atoms with E-state index in [0.29, 0.717) is 13.1 Å². The first kappa shape index (κ1) is 15.6. The number of nitrogens with two attached hydrogens (primary N) is 1. The van der Waals surface area contributed by atoms with E-state index in [1.807, 2.05) is 30.5 Å². The Kier molecular flexibility index (Phi) is 4.64. The maximum absolute atomic E-state index is 5.74. The molecular weight excluding hydrogens is 310 g/mol. The molecule has 6 heteroatoms. The number of methoxy groups -OCH3 is 2. The van der Waals surface area contributed by atoms with Crippen LogP contribution in [0.25, 0.3) is 10.1 Å². The molecule has 5 nitrogen and oxygen atoms in total. The summed E-state index contributed by atoms with van der Waals surface area (Å²) in [6.45, 7) is 1.17. The van der Waals surface area contributed by atoms with Crippen molar-refractivity contribution in [1.82, 2.24) is 4.98 Å². The lowest BCUT2D eigenvalue weighted by Crippen LogP contribution is -2.03. The Balaban J connectivity index is 1.85. The fourth-order valence-electron chi connectivity index (χ4n) is 2.42. The van der Waals surface area contributed by atoms with Gasteiger partial charge in [0.25, 0.3) is 0 Å². The second-order valence-electron chi connectivity index (χ2n) is 5.03. The Morgan fingerprint density at radius 3 is 2.78 bits per heavy atom. The van der Waals surface area contributed by atoms with Crippen molar-refractivity contribution in [2.75, 3.05) is 19.5 Å². The fraction of sp³-hybridized carbons (Fsp3) is 0.235. The van der Waals surface area contributed by atoms with Gasteiger partial charge in [0.15, 0.2) is 0 Å². The van der Waals surface area contributed by atoms with E-state index in [2.05, 4.69) is 16.4 Å². The minimum atomic E-state index is 0.547. The number of pyridine rings is 1. The van der Waals surface area contributed by atoms with Gasteiger partial charge in [-0.2, -0.15) is 0 Å². The molecule has 0 aliphatic rings. The van der Waals surface area contributed by atoms with E-state index in [1.54, 1.807) is 25.6 Å². The molecule has 2 heterocycles. The molecule has 0 bridgehead atoms. The van der Waals surface area contributed by atoms with Crippen LogP contribution < -0.4 is 20.5 Å². The van der Waals surface area contributed by atoms with E-state index in [4.69, 9.17) is 15.2 Å². The molecule has 23 heavy (non-hydrogen) atoms. The van der Waals surface area contributed by atoms with Crippen molar-refractivity contribution in [3.8, 4) is 11.5 Å². The molecule has 2 aromatic heterocycles. The molecular formula is C17H19N3O2S. The van der Waals surface area contributed by atoms with Crippen LogP contribution >= 0.6 is 11.3 Å². The Hall–Kier alpha value is -2.31. The van der Waals surface area contributed by atoms with E-state index in [-0.39, 0.29) is 0 Å². The first-order chi connectivity index (χ1) is 11.2. The molecule has 0 fully saturated rings. The van der Waals surface area contributed by atoms with Crippen molar-refractivity contribution in [1.29, 1.82) is 0 Å². The fourth-order valence-corrected chi connectivity index (χ4v) is 3.42. The van der Waals surface area contributed by atoms with Crippen LogP contribution in [0, 0.1) is 0 Å². The molecule has 0 aliphatic carbocycles. The maximum Gasteiger partial charge on any atom is 0.144 e. The van der Waals surface area contributed by atoms with E-state index >= 15 is 0 Å². The zero-order valence-corrected chi connectivity index (χ0v) is 13.9. The number of fused-ring (bicyclic) bond motifs is 1. The quantitative estimate of drug-likeness (QED) is 0.725. The number of benzene rings is 1. The lowest BCUT2D eigenvalue weighted by atomic mass is 10.2. The standard InChI is InChI=1S/C17H19N3O2S/c1-21-13-4-3-12(15(8-13)22-2)10-20-17-16-11(5-6-19-17)7-14(9-18)23-16/h3-8H,9-10,18H2,1-2H3,(H,19,20). The van der Waals surface area contributed by atoms with Gasteiger partial charge in [0.05, 0.1) is 18.9 Å². The highest BCUT2D eigenvalue weighted by Gasteiger charge is 2.09. The number of rotatable bonds is 6. The van der Waals surface area contributed by atoms with E-state index in [0.717, 1.165) is 37.8 Å². The van der Waals surface area contributed by atoms with Gasteiger partial charge in [-0.1, -0.05) is 0 Å². The predicted molar refractivity (Wildman–Crippen MR) is 94.4 cm³/mol. The highest BCUT2D eigenvalue weighted by Crippen LogP contribution is 2.31. The van der Waals surface area contributed by atoms with Crippen LogP contribution in [0.4, 0.5) is 5.82 Å². The van der Waals surface area contributed by atoms with Crippen LogP contribution in [0.2, 0.25) is 0 Å². The third-order valence-corrected chi connectivity index (χ3v) is 4.81. The molecule has 3 aromatic rings. The number of hydrogen-bond donors (Lipinski definition) is 2. The molecule has 0 aliphatic heterocycles. The van der Waals surface area contributed by atoms with Crippen LogP contribution in [-0.2, 0) is 13.1 Å². The molecule has 0 atom stereocenters. The van der Waals surface area contributed by atoms with E-state index in [1.165, 1.54) is 0 Å². The van der Waals surface area contributed by atoms with Crippen LogP contribution in [0.5, 0.6) is 11.5 Å². The molecule has 0 spiro atoms. The number of hydrogen-bond acceptors (Lipinski definition) is 6. The van der Waals surface area contributed by atoms with Gasteiger partial charge in [0.1, 0.15) is 17.3 Å². The van der Waals surface area contributed by atoms with Crippen molar-refractivity contribution in [3.05, 3.63) is 47.0 Å². The highest BCUT2D eigenvalue weighted by atomic mass is 32.1. The number of ether oxygens (including phenoxy) is 2. The van der Waals surface area contributed by atoms with Crippen molar-refractivity contribution in [2.24, 2.45) is 5.73 Å². The number of thiophene rings is 1. The molecule has 0 amide bonds. The number of anilines is 1. The first-order valence-electron chi connectivity index (χ1n) is 7.27. The smallest absolute Gasteiger partial charge is 0.144 e. The van der Waals surface area contributed by atoms with Gasteiger partial charge < -0.3 is 20.5 Å². The summed E-state index contributed by atoms with van der Waals surface area (Å²) in [4.78, 5) is 5.60. The lowest BCUT2D eigenvalue weighted by Gasteiger charge is -2.12. The summed E-state index contributed by atoms with van der Waals surface area (Å²) in [6.07, 6.45) is 1.81. The second-order valence-corrected chi connectivity index (χ2v) is 6.16. The van der Waals surface area contributed by atoms with Gasteiger partial charge in [-0.25, -0.2) is 4.98 Å². The lowest BCUT2D eigenvalue weighted by molar-refractivity contribution is 0.391. The summed E-state index contributed by atoms with van der Waals surface area (Å²) < 4.78 is 11.8. The average Bonchev–Trinajstić information content (AvgIpc) is 3.03. The summed E-state index contributed by atoms with van der Waals surface area (Å²) >= 11 is 1.67. The maximum atomic E-state index is 5.74. The van der Waals surface area contributed by atoms with Gasteiger partial charge in [-0.15, -0.1) is 11.3 Å². The molecule has 0 radical (unpaired) electrons. The largest absolute Gasteiger partial charge is 0.497 e. The summed E-state index contributed by atoms with van der Waals surface area (Å²) in [5.74, 6) is 2.43. The van der Waals surface area contributed by atoms with Gasteiger partial charge in [-0.05, 0) is 29.7 Å². The molecule has 3 rings (SSSR count). The number of nitrogens with zero attached hydrogens (tertiary/aromatic N) is 1. The van der Waals surface area contributed by atoms with Crippen molar-refractivity contribution < 1.29 is 9.47 Å². The minimum Gasteiger partial charge on any atom is -0.497 e. The van der Waals surface area contributed by atoms with Gasteiger partial charge in [0, 0.05) is 35.8 Å². The summed E-state index contributed by atoms with van der Waals surface area (Å²) in [5, 5.41) is 4.55. The van der Waals surface area contributed by atoms with Crippen LogP contribution in [0.1, 0.15) is 10.4 Å². The second kappa shape index (κ2) is 6.85. The topological polar surface area (TPSA) is 69.4 Å². The van der Waals surface area contributed by atoms with Crippen molar-refractivity contribution in [3.63, 3.8) is 0 Å². The minimum absolute atomic E-state index is 0.547. The Bertz CT molecular complexity index is 817. The normalized spacial score (nSPS) is 10.7. The number of aromatic nitrogens is 1. The Morgan fingerprint density at radius 2 is 2.04 bits per heavy atom. The third kappa shape index (κ3) is 3.23. The molecule has 3 N–H and O–H groups in total. The first-order valence-corrected chi connectivity index (χ1v) is 8.09. The molecule has 1 aromatic carbocycles. The average molecular weight is 329 g/mol. The summed E-state index contributed by atoms with van der Waals surface area (Å²) in [5.41, 5.74) is 6.78. The monoisotopic (exact) mass is 329 g/mol. The Morgan fingerprint density at radius 1 is 1.17 bits per heavy atom.